The van der Waals surface area contributed by atoms with Gasteiger partial charge in [-0.25, -0.2) is 5.43 Å². The summed E-state index contributed by atoms with van der Waals surface area (Å²) in [4.78, 5) is 23.7. The number of hydrogen-bond donors (Lipinski definition) is 2. The van der Waals surface area contributed by atoms with Gasteiger partial charge in [0.15, 0.2) is 0 Å². The van der Waals surface area contributed by atoms with Crippen LogP contribution in [0.5, 0.6) is 0 Å². The van der Waals surface area contributed by atoms with E-state index in [0.29, 0.717) is 24.4 Å². The predicted molar refractivity (Wildman–Crippen MR) is 114 cm³/mol. The highest BCUT2D eigenvalue weighted by Gasteiger charge is 2.03. The lowest BCUT2D eigenvalue weighted by atomic mass is 10.0. The van der Waals surface area contributed by atoms with Gasteiger partial charge in [0, 0.05) is 18.5 Å². The van der Waals surface area contributed by atoms with Gasteiger partial charge in [0.1, 0.15) is 0 Å². The van der Waals surface area contributed by atoms with Crippen molar-refractivity contribution in [3.63, 3.8) is 0 Å². The van der Waals surface area contributed by atoms with E-state index in [-0.39, 0.29) is 11.8 Å². The monoisotopic (exact) mass is 379 g/mol. The molecule has 0 fully saturated rings. The van der Waals surface area contributed by atoms with Gasteiger partial charge in [-0.05, 0) is 42.0 Å². The number of carbonyl (C=O) groups is 2. The second-order valence-corrected chi connectivity index (χ2v) is 7.05. The van der Waals surface area contributed by atoms with Crippen molar-refractivity contribution in [2.45, 2.75) is 45.4 Å². The fourth-order valence-electron chi connectivity index (χ4n) is 2.68. The van der Waals surface area contributed by atoms with Crippen LogP contribution in [0, 0.1) is 0 Å². The number of hydrazone groups is 1. The molecule has 0 aliphatic rings. The summed E-state index contributed by atoms with van der Waals surface area (Å²) in [5, 5.41) is 6.89. The Labute approximate surface area is 167 Å². The summed E-state index contributed by atoms with van der Waals surface area (Å²) in [6.45, 7) is 4.92. The Morgan fingerprint density at radius 3 is 2.36 bits per heavy atom. The quantitative estimate of drug-likeness (QED) is 0.368. The zero-order valence-corrected chi connectivity index (χ0v) is 16.7. The lowest BCUT2D eigenvalue weighted by Crippen LogP contribution is -2.24. The first kappa shape index (κ1) is 21.4. The van der Waals surface area contributed by atoms with Crippen LogP contribution in [0.1, 0.15) is 66.9 Å². The normalized spacial score (nSPS) is 11.0. The molecule has 2 aromatic rings. The fraction of sp³-hybridized carbons (Fsp3) is 0.348. The molecule has 2 rings (SSSR count). The molecule has 0 unspecified atom stereocenters. The fourth-order valence-corrected chi connectivity index (χ4v) is 2.68. The molecular formula is C23H29N3O2. The maximum Gasteiger partial charge on any atom is 0.251 e. The third-order valence-electron chi connectivity index (χ3n) is 4.41. The van der Waals surface area contributed by atoms with E-state index in [1.165, 1.54) is 5.56 Å². The van der Waals surface area contributed by atoms with E-state index >= 15 is 0 Å². The lowest BCUT2D eigenvalue weighted by molar-refractivity contribution is -0.121. The Hall–Kier alpha value is -2.95. The summed E-state index contributed by atoms with van der Waals surface area (Å²) in [6.07, 6.45) is 4.57. The van der Waals surface area contributed by atoms with E-state index in [1.807, 2.05) is 30.3 Å². The van der Waals surface area contributed by atoms with Crippen LogP contribution in [0.2, 0.25) is 0 Å². The van der Waals surface area contributed by atoms with Gasteiger partial charge in [-0.1, -0.05) is 62.7 Å². The summed E-state index contributed by atoms with van der Waals surface area (Å²) < 4.78 is 0. The van der Waals surface area contributed by atoms with Gasteiger partial charge in [-0.2, -0.15) is 5.10 Å². The van der Waals surface area contributed by atoms with Crippen LogP contribution in [0.4, 0.5) is 0 Å². The van der Waals surface area contributed by atoms with Crippen molar-refractivity contribution in [1.82, 2.24) is 10.7 Å². The van der Waals surface area contributed by atoms with Gasteiger partial charge < -0.3 is 5.32 Å². The number of unbranched alkanes of at least 4 members (excludes halogenated alkanes) is 2. The summed E-state index contributed by atoms with van der Waals surface area (Å²) in [5.41, 5.74) is 5.46. The molecule has 28 heavy (non-hydrogen) atoms. The van der Waals surface area contributed by atoms with E-state index in [4.69, 9.17) is 0 Å². The van der Waals surface area contributed by atoms with Crippen molar-refractivity contribution in [3.05, 3.63) is 71.3 Å². The average molecular weight is 380 g/mol. The van der Waals surface area contributed by atoms with Gasteiger partial charge >= 0.3 is 0 Å². The Morgan fingerprint density at radius 1 is 0.964 bits per heavy atom. The summed E-state index contributed by atoms with van der Waals surface area (Å²) in [6, 6.07) is 17.3. The van der Waals surface area contributed by atoms with E-state index in [1.54, 1.807) is 18.3 Å². The highest BCUT2D eigenvalue weighted by molar-refractivity contribution is 5.94. The Balaban J connectivity index is 1.55. The third-order valence-corrected chi connectivity index (χ3v) is 4.41. The van der Waals surface area contributed by atoms with Crippen molar-refractivity contribution in [2.75, 3.05) is 6.54 Å². The number of amides is 2. The van der Waals surface area contributed by atoms with E-state index in [0.717, 1.165) is 24.8 Å². The molecule has 0 bridgehead atoms. The maximum absolute atomic E-state index is 11.9. The molecule has 5 heteroatoms. The minimum absolute atomic E-state index is 0.0610. The highest BCUT2D eigenvalue weighted by Crippen LogP contribution is 2.13. The van der Waals surface area contributed by atoms with E-state index in [2.05, 4.69) is 41.8 Å². The molecule has 0 aliphatic carbocycles. The molecule has 0 saturated carbocycles. The largest absolute Gasteiger partial charge is 0.352 e. The first-order valence-electron chi connectivity index (χ1n) is 9.81. The molecular weight excluding hydrogens is 350 g/mol. The molecule has 2 N–H and O–H groups in total. The van der Waals surface area contributed by atoms with Gasteiger partial charge in [0.05, 0.1) is 6.21 Å². The minimum Gasteiger partial charge on any atom is -0.352 e. The lowest BCUT2D eigenvalue weighted by Gasteiger charge is -2.05. The Morgan fingerprint density at radius 2 is 1.68 bits per heavy atom. The Bertz CT molecular complexity index is 768. The van der Waals surface area contributed by atoms with Gasteiger partial charge in [0.2, 0.25) is 5.91 Å². The number of carbonyl (C=O) groups excluding carboxylic acids is 2. The van der Waals surface area contributed by atoms with Crippen LogP contribution in [0.25, 0.3) is 0 Å². The third kappa shape index (κ3) is 7.74. The summed E-state index contributed by atoms with van der Waals surface area (Å²) in [5.74, 6) is 0.342. The number of nitrogens with zero attached hydrogens (tertiary/aromatic N) is 1. The van der Waals surface area contributed by atoms with Crippen LogP contribution in [0.3, 0.4) is 0 Å². The van der Waals surface area contributed by atoms with Crippen molar-refractivity contribution >= 4 is 18.0 Å². The average Bonchev–Trinajstić information content (AvgIpc) is 2.71. The molecule has 5 nitrogen and oxygen atoms in total. The number of rotatable bonds is 10. The topological polar surface area (TPSA) is 70.6 Å². The second kappa shape index (κ2) is 11.7. The second-order valence-electron chi connectivity index (χ2n) is 7.05. The molecule has 0 atom stereocenters. The number of hydrogen-bond acceptors (Lipinski definition) is 3. The number of benzene rings is 2. The minimum atomic E-state index is -0.0941. The SMILES string of the molecule is CC(C)c1ccc(/C=N/NC(=O)CCCCCNC(=O)c2ccccc2)cc1. The molecule has 0 radical (unpaired) electrons. The van der Waals surface area contributed by atoms with Crippen molar-refractivity contribution in [2.24, 2.45) is 5.10 Å². The smallest absolute Gasteiger partial charge is 0.251 e. The molecule has 2 aromatic carbocycles. The first-order valence-corrected chi connectivity index (χ1v) is 9.81. The van der Waals surface area contributed by atoms with Gasteiger partial charge in [0.25, 0.3) is 5.91 Å². The van der Waals surface area contributed by atoms with Crippen LogP contribution in [-0.2, 0) is 4.79 Å². The van der Waals surface area contributed by atoms with Crippen LogP contribution in [-0.4, -0.2) is 24.6 Å². The van der Waals surface area contributed by atoms with Crippen molar-refractivity contribution in [3.8, 4) is 0 Å². The highest BCUT2D eigenvalue weighted by atomic mass is 16.2. The van der Waals surface area contributed by atoms with Crippen molar-refractivity contribution in [1.29, 1.82) is 0 Å². The molecule has 0 aromatic heterocycles. The molecule has 2 amide bonds. The van der Waals surface area contributed by atoms with Crippen LogP contribution >= 0.6 is 0 Å². The molecule has 0 spiro atoms. The van der Waals surface area contributed by atoms with Crippen LogP contribution in [0.15, 0.2) is 59.7 Å². The predicted octanol–water partition coefficient (Wildman–Crippen LogP) is 4.25. The molecule has 0 saturated heterocycles. The zero-order valence-electron chi connectivity index (χ0n) is 16.7. The molecule has 148 valence electrons. The Kier molecular flexibility index (Phi) is 8.92. The number of nitrogens with one attached hydrogen (secondary N) is 2. The van der Waals surface area contributed by atoms with E-state index in [9.17, 15) is 9.59 Å². The standard InChI is InChI=1S/C23H29N3O2/c1-18(2)20-14-12-19(13-15-20)17-25-26-22(27)11-7-4-8-16-24-23(28)21-9-5-3-6-10-21/h3,5-6,9-10,12-15,17-18H,4,7-8,11,16H2,1-2H3,(H,24,28)(H,26,27)/b25-17+. The van der Waals surface area contributed by atoms with Crippen molar-refractivity contribution < 1.29 is 9.59 Å². The first-order chi connectivity index (χ1) is 13.6. The summed E-state index contributed by atoms with van der Waals surface area (Å²) >= 11 is 0. The maximum atomic E-state index is 11.9. The van der Waals surface area contributed by atoms with E-state index < -0.39 is 0 Å². The van der Waals surface area contributed by atoms with Gasteiger partial charge in [-0.15, -0.1) is 0 Å². The summed E-state index contributed by atoms with van der Waals surface area (Å²) in [7, 11) is 0. The molecule has 0 aliphatic heterocycles. The molecule has 0 heterocycles. The van der Waals surface area contributed by atoms with Crippen LogP contribution < -0.4 is 10.7 Å². The van der Waals surface area contributed by atoms with Gasteiger partial charge in [-0.3, -0.25) is 9.59 Å². The zero-order chi connectivity index (χ0) is 20.2.